The highest BCUT2D eigenvalue weighted by Gasteiger charge is 2.16. The number of nitrogens with zero attached hydrogens (tertiary/aromatic N) is 3. The van der Waals surface area contributed by atoms with Gasteiger partial charge in [0.15, 0.2) is 0 Å². The van der Waals surface area contributed by atoms with E-state index in [0.717, 1.165) is 6.26 Å². The van der Waals surface area contributed by atoms with Crippen molar-refractivity contribution < 1.29 is 8.42 Å². The first kappa shape index (κ1) is 15.3. The third-order valence-electron chi connectivity index (χ3n) is 2.80. The van der Waals surface area contributed by atoms with Gasteiger partial charge >= 0.3 is 0 Å². The summed E-state index contributed by atoms with van der Waals surface area (Å²) in [5, 5.41) is 8.59. The van der Waals surface area contributed by atoms with E-state index in [1.807, 2.05) is 0 Å². The number of hydrogen-bond acceptors (Lipinski definition) is 4. The van der Waals surface area contributed by atoms with Crippen molar-refractivity contribution in [2.24, 2.45) is 21.7 Å². The molecule has 7 nitrogen and oxygen atoms in total. The summed E-state index contributed by atoms with van der Waals surface area (Å²) in [6.07, 6.45) is 2.59. The fraction of sp³-hybridized carbons (Fsp3) is 0.167. The highest BCUT2D eigenvalue weighted by Crippen LogP contribution is 2.26. The van der Waals surface area contributed by atoms with Crippen LogP contribution < -0.4 is 11.5 Å². The molecule has 0 bridgehead atoms. The molecule has 1 heterocycles. The van der Waals surface area contributed by atoms with E-state index >= 15 is 0 Å². The number of fused-ring (bicyclic) bond motifs is 1. The third-order valence-corrected chi connectivity index (χ3v) is 4.05. The molecule has 0 atom stereocenters. The van der Waals surface area contributed by atoms with Gasteiger partial charge in [-0.25, -0.2) is 12.4 Å². The number of halogens is 1. The molecule has 21 heavy (non-hydrogen) atoms. The smallest absolute Gasteiger partial charge is 0.236 e. The summed E-state index contributed by atoms with van der Waals surface area (Å²) >= 11 is 5.98. The van der Waals surface area contributed by atoms with Crippen LogP contribution in [-0.4, -0.2) is 30.3 Å². The van der Waals surface area contributed by atoms with Gasteiger partial charge in [-0.1, -0.05) is 11.6 Å². The van der Waals surface area contributed by atoms with Gasteiger partial charge in [0, 0.05) is 22.2 Å². The Bertz CT molecular complexity index is 863. The number of hydrogen-bond donors (Lipinski definition) is 2. The second-order valence-corrected chi connectivity index (χ2v) is 6.77. The molecule has 1 aromatic carbocycles. The average molecular weight is 328 g/mol. The quantitative estimate of drug-likeness (QED) is 0.498. The predicted octanol–water partition coefficient (Wildman–Crippen LogP) is 1.10. The summed E-state index contributed by atoms with van der Waals surface area (Å²) in [7, 11) is -3.45. The van der Waals surface area contributed by atoms with Gasteiger partial charge in [-0.05, 0) is 25.1 Å². The molecule has 0 fully saturated rings. The minimum Gasteiger partial charge on any atom is -0.369 e. The van der Waals surface area contributed by atoms with Crippen LogP contribution in [0.25, 0.3) is 10.9 Å². The summed E-state index contributed by atoms with van der Waals surface area (Å²) in [4.78, 5) is 0. The van der Waals surface area contributed by atoms with Crippen LogP contribution in [-0.2, 0) is 10.0 Å². The molecule has 0 spiro atoms. The Morgan fingerprint density at radius 2 is 1.95 bits per heavy atom. The maximum absolute atomic E-state index is 11.9. The van der Waals surface area contributed by atoms with E-state index in [-0.39, 0.29) is 5.96 Å². The molecule has 0 saturated heterocycles. The van der Waals surface area contributed by atoms with Gasteiger partial charge in [-0.15, -0.1) is 5.10 Å². The summed E-state index contributed by atoms with van der Waals surface area (Å²) in [5.74, 6) is -0.181. The number of aromatic nitrogens is 1. The van der Waals surface area contributed by atoms with Crippen molar-refractivity contribution >= 4 is 44.2 Å². The first-order valence-electron chi connectivity index (χ1n) is 5.85. The van der Waals surface area contributed by atoms with Crippen molar-refractivity contribution in [3.8, 4) is 0 Å². The van der Waals surface area contributed by atoms with Crippen molar-refractivity contribution in [3.05, 3.63) is 35.0 Å². The van der Waals surface area contributed by atoms with E-state index in [2.05, 4.69) is 10.2 Å². The molecule has 4 N–H and O–H groups in total. The predicted molar refractivity (Wildman–Crippen MR) is 85.2 cm³/mol. The van der Waals surface area contributed by atoms with E-state index in [0.29, 0.717) is 27.2 Å². The van der Waals surface area contributed by atoms with Crippen LogP contribution in [0.2, 0.25) is 5.02 Å². The molecular formula is C12H14ClN5O2S. The Labute approximate surface area is 126 Å². The second-order valence-electron chi connectivity index (χ2n) is 4.47. The molecule has 0 aliphatic carbocycles. The lowest BCUT2D eigenvalue weighted by atomic mass is 10.1. The maximum atomic E-state index is 11.9. The number of guanidine groups is 1. The topological polar surface area (TPSA) is 116 Å². The van der Waals surface area contributed by atoms with Crippen molar-refractivity contribution in [3.63, 3.8) is 0 Å². The fourth-order valence-corrected chi connectivity index (χ4v) is 2.91. The number of rotatable bonds is 3. The minimum atomic E-state index is -3.45. The van der Waals surface area contributed by atoms with Crippen LogP contribution >= 0.6 is 11.6 Å². The van der Waals surface area contributed by atoms with Gasteiger partial charge in [0.1, 0.15) is 0 Å². The number of benzene rings is 1. The zero-order valence-electron chi connectivity index (χ0n) is 11.4. The van der Waals surface area contributed by atoms with Gasteiger partial charge < -0.3 is 11.5 Å². The van der Waals surface area contributed by atoms with Crippen LogP contribution in [0.5, 0.6) is 0 Å². The lowest BCUT2D eigenvalue weighted by Gasteiger charge is -2.01. The maximum Gasteiger partial charge on any atom is 0.236 e. The summed E-state index contributed by atoms with van der Waals surface area (Å²) in [6.45, 7) is 1.68. The van der Waals surface area contributed by atoms with Gasteiger partial charge in [0.25, 0.3) is 0 Å². The Morgan fingerprint density at radius 3 is 2.52 bits per heavy atom. The monoisotopic (exact) mass is 327 g/mol. The largest absolute Gasteiger partial charge is 0.369 e. The molecule has 2 aromatic rings. The van der Waals surface area contributed by atoms with E-state index in [9.17, 15) is 8.42 Å². The SMILES string of the molecule is CC(=NN=C(N)N)c1cn(S(C)(=O)=O)c2ccc(Cl)cc12. The van der Waals surface area contributed by atoms with Crippen LogP contribution in [0, 0.1) is 0 Å². The van der Waals surface area contributed by atoms with Crippen LogP contribution in [0.15, 0.2) is 34.6 Å². The van der Waals surface area contributed by atoms with Crippen molar-refractivity contribution in [2.45, 2.75) is 6.92 Å². The molecule has 0 radical (unpaired) electrons. The molecule has 0 unspecified atom stereocenters. The zero-order valence-corrected chi connectivity index (χ0v) is 13.0. The van der Waals surface area contributed by atoms with Gasteiger partial charge in [0.05, 0.1) is 17.5 Å². The zero-order chi connectivity index (χ0) is 15.8. The second kappa shape index (κ2) is 5.38. The van der Waals surface area contributed by atoms with Gasteiger partial charge in [-0.3, -0.25) is 0 Å². The van der Waals surface area contributed by atoms with Crippen LogP contribution in [0.3, 0.4) is 0 Å². The van der Waals surface area contributed by atoms with Gasteiger partial charge in [-0.2, -0.15) is 5.10 Å². The molecule has 0 amide bonds. The van der Waals surface area contributed by atoms with Crippen molar-refractivity contribution in [2.75, 3.05) is 6.26 Å². The fourth-order valence-electron chi connectivity index (χ4n) is 1.92. The lowest BCUT2D eigenvalue weighted by Crippen LogP contribution is -2.22. The Kier molecular flexibility index (Phi) is 3.93. The molecule has 1 aromatic heterocycles. The molecule has 2 rings (SSSR count). The average Bonchev–Trinajstić information content (AvgIpc) is 2.74. The third kappa shape index (κ3) is 3.17. The summed E-state index contributed by atoms with van der Waals surface area (Å²) < 4.78 is 24.9. The molecule has 0 aliphatic rings. The van der Waals surface area contributed by atoms with Gasteiger partial charge in [0.2, 0.25) is 16.0 Å². The molecular weight excluding hydrogens is 314 g/mol. The Morgan fingerprint density at radius 1 is 1.29 bits per heavy atom. The first-order valence-corrected chi connectivity index (χ1v) is 8.07. The molecule has 112 valence electrons. The Balaban J connectivity index is 2.78. The molecule has 9 heteroatoms. The molecule has 0 saturated carbocycles. The van der Waals surface area contributed by atoms with Crippen molar-refractivity contribution in [1.82, 2.24) is 3.97 Å². The van der Waals surface area contributed by atoms with Crippen molar-refractivity contribution in [1.29, 1.82) is 0 Å². The number of nitrogens with two attached hydrogens (primary N) is 2. The van der Waals surface area contributed by atoms with E-state index in [1.165, 1.54) is 10.2 Å². The van der Waals surface area contributed by atoms with E-state index in [1.54, 1.807) is 25.1 Å². The van der Waals surface area contributed by atoms with E-state index < -0.39 is 10.0 Å². The summed E-state index contributed by atoms with van der Waals surface area (Å²) in [5.41, 5.74) is 12.0. The first-order chi connectivity index (χ1) is 9.70. The minimum absolute atomic E-state index is 0.181. The normalized spacial score (nSPS) is 12.6. The van der Waals surface area contributed by atoms with Crippen LogP contribution in [0.1, 0.15) is 12.5 Å². The summed E-state index contributed by atoms with van der Waals surface area (Å²) in [6, 6.07) is 4.93. The Hall–Kier alpha value is -2.06. The van der Waals surface area contributed by atoms with Crippen LogP contribution in [0.4, 0.5) is 0 Å². The highest BCUT2D eigenvalue weighted by atomic mass is 35.5. The highest BCUT2D eigenvalue weighted by molar-refractivity contribution is 7.89. The standard InChI is InChI=1S/C12H14ClN5O2S/c1-7(16-17-12(14)15)10-6-18(21(2,19)20)11-4-3-8(13)5-9(10)11/h3-6H,1-2H3,(H4,14,15,17). The molecule has 0 aliphatic heterocycles. The van der Waals surface area contributed by atoms with E-state index in [4.69, 9.17) is 23.1 Å². The lowest BCUT2D eigenvalue weighted by molar-refractivity contribution is 0.595.